The van der Waals surface area contributed by atoms with Gasteiger partial charge >= 0.3 is 187 Å². The van der Waals surface area contributed by atoms with Crippen LogP contribution in [0.2, 0.25) is 11.5 Å². The van der Waals surface area contributed by atoms with E-state index in [1.807, 2.05) is 4.41 Å². The Hall–Kier alpha value is -2.59. The number of furan rings is 1. The fourth-order valence-corrected chi connectivity index (χ4v) is 12.3. The quantitative estimate of drug-likeness (QED) is 0.228. The molecule has 0 saturated heterocycles. The maximum absolute atomic E-state index is 6.78. The average molecular weight is 467 g/mol. The molecule has 31 heavy (non-hydrogen) atoms. The molecule has 4 aromatic rings. The number of pyridine rings is 1. The number of allylic oxidation sites excluding steroid dienone is 3. The molecule has 154 valence electrons. The van der Waals surface area contributed by atoms with Gasteiger partial charge in [-0.25, -0.2) is 0 Å². The fourth-order valence-electron chi connectivity index (χ4n) is 5.80. The molecule has 0 amide bonds. The van der Waals surface area contributed by atoms with E-state index in [1.165, 1.54) is 58.0 Å². The standard InChI is InChI=1S/C28H28GeNO/c1-18-14-15-22-20-10-7-11-21(23-17-29(2,3)24-12-8-9-19(23)24)27(20)31-28(22)26(18)25-13-5-6-16-30(25)4/h5-7,10-11,13-17H,8-9,12H2,1-4H3/q+1. The summed E-state index contributed by atoms with van der Waals surface area (Å²) in [5.41, 5.74) is 10.1. The molecule has 0 spiro atoms. The monoisotopic (exact) mass is 468 g/mol. The van der Waals surface area contributed by atoms with E-state index >= 15 is 0 Å². The molecule has 2 nitrogen and oxygen atoms in total. The first-order valence-corrected chi connectivity index (χ1v) is 17.8. The number of benzene rings is 2. The Bertz CT molecular complexity index is 1450. The van der Waals surface area contributed by atoms with Crippen LogP contribution in [0, 0.1) is 6.92 Å². The fraction of sp³-hybridized carbons (Fsp3) is 0.250. The van der Waals surface area contributed by atoms with Gasteiger partial charge in [0.25, 0.3) is 0 Å². The number of fused-ring (bicyclic) bond motifs is 3. The SMILES string of the molecule is Cc1ccc2c(oc3c(C4=[CH][Ge]([CH3])([CH3])[C]5=C4CCC5)cccc32)c1-c1cccc[n+]1C. The molecular weight excluding hydrogens is 439 g/mol. The molecule has 2 aromatic carbocycles. The Morgan fingerprint density at radius 1 is 0.903 bits per heavy atom. The summed E-state index contributed by atoms with van der Waals surface area (Å²) in [6, 6.07) is 17.5. The van der Waals surface area contributed by atoms with Crippen LogP contribution in [0.25, 0.3) is 38.8 Å². The van der Waals surface area contributed by atoms with Crippen molar-refractivity contribution in [3.63, 3.8) is 0 Å². The van der Waals surface area contributed by atoms with Crippen molar-refractivity contribution >= 4 is 40.8 Å². The predicted molar refractivity (Wildman–Crippen MR) is 131 cm³/mol. The van der Waals surface area contributed by atoms with Crippen molar-refractivity contribution in [2.75, 3.05) is 0 Å². The van der Waals surface area contributed by atoms with Crippen LogP contribution in [0.3, 0.4) is 0 Å². The van der Waals surface area contributed by atoms with Crippen LogP contribution >= 0.6 is 0 Å². The number of aryl methyl sites for hydroxylation is 2. The molecule has 0 N–H and O–H groups in total. The van der Waals surface area contributed by atoms with Gasteiger partial charge in [-0.05, 0) is 0 Å². The third-order valence-corrected chi connectivity index (χ3v) is 13.8. The Balaban J connectivity index is 1.66. The molecular formula is C28H28GeNO+. The number of para-hydroxylation sites is 1. The first-order chi connectivity index (χ1) is 15.0. The summed E-state index contributed by atoms with van der Waals surface area (Å²) in [6.07, 6.45) is 5.97. The normalized spacial score (nSPS) is 17.6. The van der Waals surface area contributed by atoms with Gasteiger partial charge in [-0.2, -0.15) is 0 Å². The van der Waals surface area contributed by atoms with Gasteiger partial charge < -0.3 is 0 Å². The van der Waals surface area contributed by atoms with Crippen molar-refractivity contribution in [2.45, 2.75) is 37.7 Å². The molecule has 0 fully saturated rings. The molecule has 1 aliphatic carbocycles. The Kier molecular flexibility index (Phi) is 4.14. The summed E-state index contributed by atoms with van der Waals surface area (Å²) in [5, 5.41) is 2.44. The third-order valence-electron chi connectivity index (χ3n) is 7.30. The van der Waals surface area contributed by atoms with E-state index in [1.54, 1.807) is 5.57 Å². The van der Waals surface area contributed by atoms with Crippen LogP contribution in [-0.4, -0.2) is 13.3 Å². The minimum absolute atomic E-state index is 1.00. The molecule has 0 unspecified atom stereocenters. The van der Waals surface area contributed by atoms with Gasteiger partial charge in [-0.15, -0.1) is 0 Å². The van der Waals surface area contributed by atoms with Crippen LogP contribution in [0.5, 0.6) is 0 Å². The van der Waals surface area contributed by atoms with E-state index in [9.17, 15) is 0 Å². The van der Waals surface area contributed by atoms with E-state index in [0.717, 1.165) is 11.2 Å². The molecule has 0 saturated carbocycles. The molecule has 0 bridgehead atoms. The van der Waals surface area contributed by atoms with Crippen LogP contribution in [0.1, 0.15) is 30.4 Å². The summed E-state index contributed by atoms with van der Waals surface area (Å²) in [7, 11) is 2.10. The van der Waals surface area contributed by atoms with Gasteiger partial charge in [-0.1, -0.05) is 0 Å². The number of rotatable bonds is 2. The zero-order chi connectivity index (χ0) is 21.3. The molecule has 1 aliphatic heterocycles. The van der Waals surface area contributed by atoms with Crippen LogP contribution < -0.4 is 4.57 Å². The number of nitrogens with zero attached hydrogens (tertiary/aromatic N) is 1. The van der Waals surface area contributed by atoms with Crippen LogP contribution in [0.15, 0.2) is 74.0 Å². The summed E-state index contributed by atoms with van der Waals surface area (Å²) in [5.74, 6) is 5.09. The van der Waals surface area contributed by atoms with Crippen molar-refractivity contribution in [1.82, 2.24) is 0 Å². The van der Waals surface area contributed by atoms with Gasteiger partial charge in [0.1, 0.15) is 0 Å². The molecule has 3 heteroatoms. The van der Waals surface area contributed by atoms with E-state index in [0.29, 0.717) is 0 Å². The first kappa shape index (κ1) is 19.1. The number of hydrogen-bond donors (Lipinski definition) is 0. The van der Waals surface area contributed by atoms with Crippen LogP contribution in [0.4, 0.5) is 0 Å². The van der Waals surface area contributed by atoms with E-state index in [2.05, 4.69) is 89.7 Å². The zero-order valence-corrected chi connectivity index (χ0v) is 20.8. The number of hydrogen-bond acceptors (Lipinski definition) is 1. The minimum atomic E-state index is -2.01. The van der Waals surface area contributed by atoms with Crippen molar-refractivity contribution < 1.29 is 8.98 Å². The average Bonchev–Trinajstić information content (AvgIpc) is 3.43. The van der Waals surface area contributed by atoms with Gasteiger partial charge in [0.15, 0.2) is 0 Å². The molecule has 0 atom stereocenters. The summed E-state index contributed by atoms with van der Waals surface area (Å²) < 4.78 is 10.8. The molecule has 2 aromatic heterocycles. The van der Waals surface area contributed by atoms with Crippen LogP contribution in [-0.2, 0) is 7.05 Å². The first-order valence-electron chi connectivity index (χ1n) is 11.3. The molecule has 0 radical (unpaired) electrons. The summed E-state index contributed by atoms with van der Waals surface area (Å²) in [4.78, 5) is 2.66. The molecule has 3 heterocycles. The van der Waals surface area contributed by atoms with Crippen molar-refractivity contribution in [2.24, 2.45) is 7.05 Å². The topological polar surface area (TPSA) is 17.0 Å². The van der Waals surface area contributed by atoms with Gasteiger partial charge in [0, 0.05) is 0 Å². The second kappa shape index (κ2) is 6.70. The Morgan fingerprint density at radius 2 is 1.74 bits per heavy atom. The predicted octanol–water partition coefficient (Wildman–Crippen LogP) is 7.05. The van der Waals surface area contributed by atoms with Gasteiger partial charge in [0.2, 0.25) is 0 Å². The third kappa shape index (κ3) is 2.74. The second-order valence-electron chi connectivity index (χ2n) is 9.71. The number of aromatic nitrogens is 1. The van der Waals surface area contributed by atoms with Gasteiger partial charge in [-0.3, -0.25) is 0 Å². The van der Waals surface area contributed by atoms with E-state index < -0.39 is 13.3 Å². The van der Waals surface area contributed by atoms with Crippen molar-refractivity contribution in [1.29, 1.82) is 0 Å². The van der Waals surface area contributed by atoms with Crippen molar-refractivity contribution in [3.05, 3.63) is 80.7 Å². The van der Waals surface area contributed by atoms with Crippen molar-refractivity contribution in [3.8, 4) is 11.3 Å². The van der Waals surface area contributed by atoms with E-state index in [-0.39, 0.29) is 0 Å². The maximum atomic E-state index is 6.78. The Labute approximate surface area is 186 Å². The second-order valence-corrected chi connectivity index (χ2v) is 18.8. The molecule has 2 aliphatic rings. The molecule has 6 rings (SSSR count). The van der Waals surface area contributed by atoms with E-state index in [4.69, 9.17) is 4.42 Å². The van der Waals surface area contributed by atoms with Gasteiger partial charge in [0.05, 0.1) is 0 Å². The summed E-state index contributed by atoms with van der Waals surface area (Å²) in [6.45, 7) is 2.18. The summed E-state index contributed by atoms with van der Waals surface area (Å²) >= 11 is -2.01. The Morgan fingerprint density at radius 3 is 2.58 bits per heavy atom. The zero-order valence-electron chi connectivity index (χ0n) is 18.8.